The molecule has 0 aliphatic carbocycles. The maximum Gasteiger partial charge on any atom is 0.410 e. The van der Waals surface area contributed by atoms with Crippen molar-refractivity contribution in [3.05, 3.63) is 30.1 Å². The Kier molecular flexibility index (Phi) is 6.39. The monoisotopic (exact) mass is 320 g/mol. The van der Waals surface area contributed by atoms with Crippen molar-refractivity contribution in [1.29, 1.82) is 0 Å². The number of pyridine rings is 1. The Morgan fingerprint density at radius 3 is 2.70 bits per heavy atom. The molecule has 1 saturated heterocycles. The van der Waals surface area contributed by atoms with Gasteiger partial charge in [0.15, 0.2) is 0 Å². The molecule has 0 bridgehead atoms. The van der Waals surface area contributed by atoms with Crippen LogP contribution in [0.4, 0.5) is 4.79 Å². The molecule has 128 valence electrons. The van der Waals surface area contributed by atoms with E-state index in [1.54, 1.807) is 6.20 Å². The maximum atomic E-state index is 12.0. The molecule has 0 saturated carbocycles. The van der Waals surface area contributed by atoms with E-state index in [0.29, 0.717) is 12.5 Å². The first kappa shape index (κ1) is 17.7. The third-order valence-electron chi connectivity index (χ3n) is 3.93. The first-order valence-electron chi connectivity index (χ1n) is 8.38. The summed E-state index contributed by atoms with van der Waals surface area (Å²) in [6, 6.07) is 3.94. The SMILES string of the molecule is CC(C)(C)OC(=O)N1CCC(CCOCc2cccnc2)CC1. The van der Waals surface area contributed by atoms with Crippen molar-refractivity contribution in [3.8, 4) is 0 Å². The third-order valence-corrected chi connectivity index (χ3v) is 3.93. The number of carbonyl (C=O) groups excluding carboxylic acids is 1. The number of hydrogen-bond acceptors (Lipinski definition) is 4. The van der Waals surface area contributed by atoms with Gasteiger partial charge in [-0.05, 0) is 57.6 Å². The molecule has 0 aromatic carbocycles. The molecule has 1 amide bonds. The zero-order valence-corrected chi connectivity index (χ0v) is 14.5. The van der Waals surface area contributed by atoms with Crippen molar-refractivity contribution >= 4 is 6.09 Å². The largest absolute Gasteiger partial charge is 0.444 e. The van der Waals surface area contributed by atoms with Crippen molar-refractivity contribution in [2.75, 3.05) is 19.7 Å². The van der Waals surface area contributed by atoms with Crippen LogP contribution in [-0.4, -0.2) is 41.3 Å². The molecule has 5 nitrogen and oxygen atoms in total. The van der Waals surface area contributed by atoms with E-state index < -0.39 is 5.60 Å². The second-order valence-electron chi connectivity index (χ2n) is 7.11. The molecule has 0 unspecified atom stereocenters. The van der Waals surface area contributed by atoms with Crippen LogP contribution in [0.1, 0.15) is 45.6 Å². The van der Waals surface area contributed by atoms with E-state index in [4.69, 9.17) is 9.47 Å². The average molecular weight is 320 g/mol. The standard InChI is InChI=1S/C18H28N2O3/c1-18(2,3)23-17(21)20-10-6-15(7-11-20)8-12-22-14-16-5-4-9-19-13-16/h4-5,9,13,15H,6-8,10-12,14H2,1-3H3. The van der Waals surface area contributed by atoms with Crippen LogP contribution in [0.15, 0.2) is 24.5 Å². The Morgan fingerprint density at radius 1 is 1.35 bits per heavy atom. The lowest BCUT2D eigenvalue weighted by molar-refractivity contribution is 0.0164. The van der Waals surface area contributed by atoms with Gasteiger partial charge in [-0.2, -0.15) is 0 Å². The Bertz CT molecular complexity index is 477. The van der Waals surface area contributed by atoms with Crippen molar-refractivity contribution in [2.24, 2.45) is 5.92 Å². The quantitative estimate of drug-likeness (QED) is 0.777. The van der Waals surface area contributed by atoms with Gasteiger partial charge in [-0.3, -0.25) is 4.98 Å². The molecular weight excluding hydrogens is 292 g/mol. The molecular formula is C18H28N2O3. The fraction of sp³-hybridized carbons (Fsp3) is 0.667. The van der Waals surface area contributed by atoms with E-state index >= 15 is 0 Å². The highest BCUT2D eigenvalue weighted by atomic mass is 16.6. The smallest absolute Gasteiger partial charge is 0.410 e. The second-order valence-corrected chi connectivity index (χ2v) is 7.11. The molecule has 1 aliphatic heterocycles. The van der Waals surface area contributed by atoms with E-state index in [2.05, 4.69) is 4.98 Å². The Morgan fingerprint density at radius 2 is 2.09 bits per heavy atom. The van der Waals surface area contributed by atoms with Crippen LogP contribution in [0.3, 0.4) is 0 Å². The Hall–Kier alpha value is -1.62. The van der Waals surface area contributed by atoms with E-state index in [9.17, 15) is 4.79 Å². The topological polar surface area (TPSA) is 51.7 Å². The summed E-state index contributed by atoms with van der Waals surface area (Å²) in [6.07, 6.45) is 6.50. The minimum absolute atomic E-state index is 0.191. The minimum atomic E-state index is -0.423. The van der Waals surface area contributed by atoms with Crippen LogP contribution in [0.25, 0.3) is 0 Å². The van der Waals surface area contributed by atoms with Crippen LogP contribution in [-0.2, 0) is 16.1 Å². The second kappa shape index (κ2) is 8.29. The van der Waals surface area contributed by atoms with Gasteiger partial charge < -0.3 is 14.4 Å². The maximum absolute atomic E-state index is 12.0. The predicted octanol–water partition coefficient (Wildman–Crippen LogP) is 3.64. The third kappa shape index (κ3) is 6.57. The Balaban J connectivity index is 1.60. The molecule has 1 aliphatic rings. The minimum Gasteiger partial charge on any atom is -0.444 e. The molecule has 0 atom stereocenters. The molecule has 1 aromatic heterocycles. The van der Waals surface area contributed by atoms with Crippen LogP contribution >= 0.6 is 0 Å². The highest BCUT2D eigenvalue weighted by Gasteiger charge is 2.26. The normalized spacial score (nSPS) is 16.4. The lowest BCUT2D eigenvalue weighted by Gasteiger charge is -2.33. The zero-order valence-electron chi connectivity index (χ0n) is 14.5. The van der Waals surface area contributed by atoms with Gasteiger partial charge in [0.2, 0.25) is 0 Å². The van der Waals surface area contributed by atoms with Gasteiger partial charge in [-0.25, -0.2) is 4.79 Å². The fourth-order valence-corrected chi connectivity index (χ4v) is 2.65. The zero-order chi connectivity index (χ0) is 16.7. The van der Waals surface area contributed by atoms with E-state index in [1.807, 2.05) is 44.0 Å². The van der Waals surface area contributed by atoms with Gasteiger partial charge in [0.05, 0.1) is 6.61 Å². The highest BCUT2D eigenvalue weighted by molar-refractivity contribution is 5.68. The molecule has 23 heavy (non-hydrogen) atoms. The molecule has 2 heterocycles. The van der Waals surface area contributed by atoms with E-state index in [0.717, 1.165) is 44.5 Å². The summed E-state index contributed by atoms with van der Waals surface area (Å²) in [5.74, 6) is 0.627. The molecule has 0 spiro atoms. The predicted molar refractivity (Wildman–Crippen MR) is 89.0 cm³/mol. The number of ether oxygens (including phenoxy) is 2. The van der Waals surface area contributed by atoms with E-state index in [1.165, 1.54) is 0 Å². The van der Waals surface area contributed by atoms with Gasteiger partial charge >= 0.3 is 6.09 Å². The van der Waals surface area contributed by atoms with Crippen LogP contribution in [0.5, 0.6) is 0 Å². The van der Waals surface area contributed by atoms with Gasteiger partial charge in [-0.1, -0.05) is 6.07 Å². The first-order chi connectivity index (χ1) is 10.9. The highest BCUT2D eigenvalue weighted by Crippen LogP contribution is 2.22. The molecule has 0 N–H and O–H groups in total. The number of amides is 1. The van der Waals surface area contributed by atoms with Crippen molar-refractivity contribution in [2.45, 2.75) is 52.2 Å². The van der Waals surface area contributed by atoms with Crippen LogP contribution < -0.4 is 0 Å². The van der Waals surface area contributed by atoms with Gasteiger partial charge in [-0.15, -0.1) is 0 Å². The fourth-order valence-electron chi connectivity index (χ4n) is 2.65. The molecule has 1 aromatic rings. The summed E-state index contributed by atoms with van der Waals surface area (Å²) in [4.78, 5) is 17.9. The van der Waals surface area contributed by atoms with Gasteiger partial charge in [0.25, 0.3) is 0 Å². The molecule has 1 fully saturated rings. The summed E-state index contributed by atoms with van der Waals surface area (Å²) < 4.78 is 11.1. The van der Waals surface area contributed by atoms with Crippen molar-refractivity contribution in [1.82, 2.24) is 9.88 Å². The summed E-state index contributed by atoms with van der Waals surface area (Å²) in [7, 11) is 0. The van der Waals surface area contributed by atoms with Crippen LogP contribution in [0.2, 0.25) is 0 Å². The van der Waals surface area contributed by atoms with Gasteiger partial charge in [0.1, 0.15) is 5.60 Å². The lowest BCUT2D eigenvalue weighted by atomic mass is 9.94. The number of likely N-dealkylation sites (tertiary alicyclic amines) is 1. The Labute approximate surface area is 139 Å². The number of nitrogens with zero attached hydrogens (tertiary/aromatic N) is 2. The number of aromatic nitrogens is 1. The molecule has 5 heteroatoms. The number of carbonyl (C=O) groups is 1. The van der Waals surface area contributed by atoms with E-state index in [-0.39, 0.29) is 6.09 Å². The summed E-state index contributed by atoms with van der Waals surface area (Å²) in [5, 5.41) is 0. The summed E-state index contributed by atoms with van der Waals surface area (Å²) >= 11 is 0. The molecule has 0 radical (unpaired) electrons. The van der Waals surface area contributed by atoms with Crippen molar-refractivity contribution < 1.29 is 14.3 Å². The summed E-state index contributed by atoms with van der Waals surface area (Å²) in [5.41, 5.74) is 0.681. The van der Waals surface area contributed by atoms with Crippen molar-refractivity contribution in [3.63, 3.8) is 0 Å². The number of hydrogen-bond donors (Lipinski definition) is 0. The van der Waals surface area contributed by atoms with Crippen LogP contribution in [0, 0.1) is 5.92 Å². The number of rotatable bonds is 5. The lowest BCUT2D eigenvalue weighted by Crippen LogP contribution is -2.41. The molecule has 2 rings (SSSR count). The first-order valence-corrected chi connectivity index (χ1v) is 8.38. The van der Waals surface area contributed by atoms with Gasteiger partial charge in [0, 0.05) is 32.1 Å². The number of piperidine rings is 1. The average Bonchev–Trinajstić information content (AvgIpc) is 2.51. The summed E-state index contributed by atoms with van der Waals surface area (Å²) in [6.45, 7) is 8.63.